The zero-order chi connectivity index (χ0) is 12.6. The van der Waals surface area contributed by atoms with E-state index >= 15 is 0 Å². The molecule has 4 unspecified atom stereocenters. The minimum absolute atomic E-state index is 0.0329. The van der Waals surface area contributed by atoms with E-state index < -0.39 is 0 Å². The van der Waals surface area contributed by atoms with E-state index in [1.54, 1.807) is 6.92 Å². The van der Waals surface area contributed by atoms with Crippen LogP contribution in [0.15, 0.2) is 12.2 Å². The molecule has 2 saturated heterocycles. The highest BCUT2D eigenvalue weighted by molar-refractivity contribution is 5.87. The Bertz CT molecular complexity index is 321. The first kappa shape index (κ1) is 12.6. The van der Waals surface area contributed by atoms with E-state index in [0.717, 1.165) is 12.8 Å². The number of rotatable bonds is 4. The summed E-state index contributed by atoms with van der Waals surface area (Å²) in [4.78, 5) is 11.7. The lowest BCUT2D eigenvalue weighted by atomic mass is 9.81. The third-order valence-corrected chi connectivity index (χ3v) is 3.82. The Kier molecular flexibility index (Phi) is 3.57. The normalized spacial score (nSPS) is 32.8. The van der Waals surface area contributed by atoms with Gasteiger partial charge in [-0.15, -0.1) is 0 Å². The number of hydrogen-bond donors (Lipinski definition) is 0. The van der Waals surface area contributed by atoms with E-state index in [9.17, 15) is 4.79 Å². The fourth-order valence-electron chi connectivity index (χ4n) is 2.96. The molecule has 0 radical (unpaired) electrons. The fraction of sp³-hybridized carbons (Fsp3) is 0.786. The molecule has 0 spiro atoms. The van der Waals surface area contributed by atoms with Gasteiger partial charge in [0.05, 0.1) is 12.2 Å². The predicted octanol–water partition coefficient (Wildman–Crippen LogP) is 2.70. The lowest BCUT2D eigenvalue weighted by Gasteiger charge is -2.31. The van der Waals surface area contributed by atoms with Gasteiger partial charge in [-0.2, -0.15) is 0 Å². The van der Waals surface area contributed by atoms with E-state index in [-0.39, 0.29) is 12.1 Å². The standard InChI is InChI=1S/C14H22O3/c1-8(2)13(17-14(15)9(3)4)11-7-10-5-6-12(11)16-10/h8,10-13H,3,5-7H2,1-2,4H3. The summed E-state index contributed by atoms with van der Waals surface area (Å²) in [7, 11) is 0. The van der Waals surface area contributed by atoms with Gasteiger partial charge in [-0.25, -0.2) is 4.79 Å². The molecule has 0 N–H and O–H groups in total. The van der Waals surface area contributed by atoms with Crippen molar-refractivity contribution in [3.63, 3.8) is 0 Å². The number of hydrogen-bond acceptors (Lipinski definition) is 3. The Morgan fingerprint density at radius 1 is 1.41 bits per heavy atom. The predicted molar refractivity (Wildman–Crippen MR) is 65.5 cm³/mol. The van der Waals surface area contributed by atoms with Crippen molar-refractivity contribution < 1.29 is 14.3 Å². The summed E-state index contributed by atoms with van der Waals surface area (Å²) in [6, 6.07) is 0. The number of ether oxygens (including phenoxy) is 2. The quantitative estimate of drug-likeness (QED) is 0.558. The minimum atomic E-state index is -0.272. The van der Waals surface area contributed by atoms with E-state index in [4.69, 9.17) is 9.47 Å². The summed E-state index contributed by atoms with van der Waals surface area (Å²) in [5.74, 6) is 0.426. The lowest BCUT2D eigenvalue weighted by Crippen LogP contribution is -2.37. The van der Waals surface area contributed by atoms with Gasteiger partial charge >= 0.3 is 5.97 Å². The van der Waals surface area contributed by atoms with Crippen LogP contribution in [-0.2, 0) is 14.3 Å². The van der Waals surface area contributed by atoms with Crippen LogP contribution in [0.1, 0.15) is 40.0 Å². The van der Waals surface area contributed by atoms with Crippen LogP contribution in [0.4, 0.5) is 0 Å². The van der Waals surface area contributed by atoms with Crippen LogP contribution in [0.5, 0.6) is 0 Å². The highest BCUT2D eigenvalue weighted by Crippen LogP contribution is 2.42. The van der Waals surface area contributed by atoms with Gasteiger partial charge in [0.15, 0.2) is 0 Å². The summed E-state index contributed by atoms with van der Waals surface area (Å²) in [5, 5.41) is 0. The van der Waals surface area contributed by atoms with Crippen molar-refractivity contribution in [1.29, 1.82) is 0 Å². The Morgan fingerprint density at radius 2 is 2.12 bits per heavy atom. The maximum absolute atomic E-state index is 11.7. The van der Waals surface area contributed by atoms with Crippen LogP contribution in [0.2, 0.25) is 0 Å². The van der Waals surface area contributed by atoms with E-state index in [2.05, 4.69) is 20.4 Å². The van der Waals surface area contributed by atoms with Crippen LogP contribution in [0.25, 0.3) is 0 Å². The van der Waals surface area contributed by atoms with Crippen LogP contribution in [0, 0.1) is 11.8 Å². The lowest BCUT2D eigenvalue weighted by molar-refractivity contribution is -0.151. The van der Waals surface area contributed by atoms with Crippen molar-refractivity contribution >= 4 is 5.97 Å². The monoisotopic (exact) mass is 238 g/mol. The second-order valence-corrected chi connectivity index (χ2v) is 5.67. The Hall–Kier alpha value is -0.830. The average Bonchev–Trinajstić information content (AvgIpc) is 2.86. The van der Waals surface area contributed by atoms with Gasteiger partial charge in [0.2, 0.25) is 0 Å². The molecule has 3 nitrogen and oxygen atoms in total. The van der Waals surface area contributed by atoms with Crippen LogP contribution in [0.3, 0.4) is 0 Å². The summed E-state index contributed by atoms with van der Waals surface area (Å²) < 4.78 is 11.4. The topological polar surface area (TPSA) is 35.5 Å². The Morgan fingerprint density at radius 3 is 2.53 bits per heavy atom. The van der Waals surface area contributed by atoms with Gasteiger partial charge in [0, 0.05) is 11.5 Å². The maximum Gasteiger partial charge on any atom is 0.333 e. The van der Waals surface area contributed by atoms with Crippen molar-refractivity contribution in [1.82, 2.24) is 0 Å². The number of carbonyl (C=O) groups is 1. The Balaban J connectivity index is 2.02. The Labute approximate surface area is 103 Å². The van der Waals surface area contributed by atoms with Gasteiger partial charge < -0.3 is 9.47 Å². The van der Waals surface area contributed by atoms with Gasteiger partial charge in [0.1, 0.15) is 6.10 Å². The van der Waals surface area contributed by atoms with Crippen LogP contribution < -0.4 is 0 Å². The molecule has 0 aromatic heterocycles. The first-order valence-electron chi connectivity index (χ1n) is 6.51. The SMILES string of the molecule is C=C(C)C(=O)OC(C(C)C)C1CC2CCC1O2. The van der Waals surface area contributed by atoms with Crippen molar-refractivity contribution in [2.75, 3.05) is 0 Å². The molecule has 2 rings (SSSR count). The number of carbonyl (C=O) groups excluding carboxylic acids is 1. The number of esters is 1. The molecular formula is C14H22O3. The third kappa shape index (κ3) is 2.54. The highest BCUT2D eigenvalue weighted by atomic mass is 16.6. The minimum Gasteiger partial charge on any atom is -0.458 e. The van der Waals surface area contributed by atoms with Gasteiger partial charge in [-0.05, 0) is 32.1 Å². The first-order valence-corrected chi connectivity index (χ1v) is 6.51. The first-order chi connectivity index (χ1) is 7.99. The summed E-state index contributed by atoms with van der Waals surface area (Å²) >= 11 is 0. The van der Waals surface area contributed by atoms with E-state index in [0.29, 0.717) is 29.6 Å². The second-order valence-electron chi connectivity index (χ2n) is 5.67. The molecule has 0 aromatic rings. The van der Waals surface area contributed by atoms with Crippen LogP contribution in [-0.4, -0.2) is 24.3 Å². The van der Waals surface area contributed by atoms with Crippen molar-refractivity contribution in [3.8, 4) is 0 Å². The highest BCUT2D eigenvalue weighted by Gasteiger charge is 2.46. The molecule has 2 heterocycles. The van der Waals surface area contributed by atoms with Gasteiger partial charge in [-0.3, -0.25) is 0 Å². The van der Waals surface area contributed by atoms with Crippen molar-refractivity contribution in [2.24, 2.45) is 11.8 Å². The largest absolute Gasteiger partial charge is 0.458 e. The molecule has 4 atom stereocenters. The molecule has 2 aliphatic heterocycles. The molecule has 17 heavy (non-hydrogen) atoms. The van der Waals surface area contributed by atoms with Crippen LogP contribution >= 0.6 is 0 Å². The summed E-state index contributed by atoms with van der Waals surface area (Å²) in [6.45, 7) is 9.53. The molecule has 2 aliphatic rings. The summed E-state index contributed by atoms with van der Waals surface area (Å²) in [6.07, 6.45) is 3.98. The smallest absolute Gasteiger partial charge is 0.333 e. The average molecular weight is 238 g/mol. The molecule has 2 fully saturated rings. The molecule has 96 valence electrons. The van der Waals surface area contributed by atoms with Crippen molar-refractivity contribution in [3.05, 3.63) is 12.2 Å². The summed E-state index contributed by atoms with van der Waals surface area (Å²) in [5.41, 5.74) is 0.472. The second kappa shape index (κ2) is 4.81. The molecule has 0 aromatic carbocycles. The molecular weight excluding hydrogens is 216 g/mol. The molecule has 0 amide bonds. The van der Waals surface area contributed by atoms with Gasteiger partial charge in [-0.1, -0.05) is 20.4 Å². The third-order valence-electron chi connectivity index (χ3n) is 3.82. The fourth-order valence-corrected chi connectivity index (χ4v) is 2.96. The molecule has 0 saturated carbocycles. The number of fused-ring (bicyclic) bond motifs is 2. The zero-order valence-corrected chi connectivity index (χ0v) is 10.9. The molecule has 3 heteroatoms. The van der Waals surface area contributed by atoms with E-state index in [1.807, 2.05) is 0 Å². The van der Waals surface area contributed by atoms with E-state index in [1.165, 1.54) is 6.42 Å². The maximum atomic E-state index is 11.7. The van der Waals surface area contributed by atoms with Crippen molar-refractivity contribution in [2.45, 2.75) is 58.3 Å². The van der Waals surface area contributed by atoms with Gasteiger partial charge in [0.25, 0.3) is 0 Å². The zero-order valence-electron chi connectivity index (χ0n) is 10.9. The molecule has 0 aliphatic carbocycles. The molecule has 2 bridgehead atoms.